The van der Waals surface area contributed by atoms with E-state index in [0.717, 1.165) is 25.7 Å². The molecule has 126 valence electrons. The maximum absolute atomic E-state index is 12.8. The van der Waals surface area contributed by atoms with E-state index >= 15 is 0 Å². The zero-order valence-electron chi connectivity index (χ0n) is 13.6. The first-order chi connectivity index (χ1) is 10.4. The Hall–Kier alpha value is -0.990. The van der Waals surface area contributed by atoms with Crippen LogP contribution in [0.2, 0.25) is 0 Å². The van der Waals surface area contributed by atoms with E-state index in [1.54, 1.807) is 6.92 Å². The van der Waals surface area contributed by atoms with Crippen LogP contribution in [0.4, 0.5) is 0 Å². The van der Waals surface area contributed by atoms with E-state index in [4.69, 9.17) is 4.52 Å². The predicted molar refractivity (Wildman–Crippen MR) is 83.4 cm³/mol. The highest BCUT2D eigenvalue weighted by Gasteiger charge is 2.44. The second-order valence-corrected chi connectivity index (χ2v) is 7.60. The number of aryl methyl sites for hydroxylation is 1. The number of hydrogen-bond acceptors (Lipinski definition) is 5. The molecule has 0 atom stereocenters. The molecule has 0 aliphatic heterocycles. The second kappa shape index (κ2) is 7.06. The van der Waals surface area contributed by atoms with Gasteiger partial charge in [0.25, 0.3) is 10.2 Å². The zero-order chi connectivity index (χ0) is 16.2. The Balaban J connectivity index is 2.27. The molecule has 1 heterocycles. The predicted octanol–water partition coefficient (Wildman–Crippen LogP) is 2.10. The number of aromatic nitrogens is 2. The first kappa shape index (κ1) is 17.4. The van der Waals surface area contributed by atoms with Gasteiger partial charge < -0.3 is 4.52 Å². The van der Waals surface area contributed by atoms with E-state index in [-0.39, 0.29) is 0 Å². The Morgan fingerprint density at radius 2 is 1.82 bits per heavy atom. The highest BCUT2D eigenvalue weighted by Crippen LogP contribution is 2.38. The molecular formula is C14H26N4O3S. The van der Waals surface area contributed by atoms with Crippen LogP contribution in [-0.4, -0.2) is 36.0 Å². The molecule has 0 radical (unpaired) electrons. The van der Waals surface area contributed by atoms with E-state index in [1.807, 2.05) is 13.8 Å². The third kappa shape index (κ3) is 3.67. The Morgan fingerprint density at radius 3 is 2.27 bits per heavy atom. The minimum atomic E-state index is -3.57. The van der Waals surface area contributed by atoms with Gasteiger partial charge in [0.15, 0.2) is 5.82 Å². The number of hydrogen-bond donors (Lipinski definition) is 1. The minimum absolute atomic E-state index is 0.457. The maximum Gasteiger partial charge on any atom is 0.280 e. The summed E-state index contributed by atoms with van der Waals surface area (Å²) in [5.74, 6) is 0.915. The van der Waals surface area contributed by atoms with Crippen LogP contribution in [0.5, 0.6) is 0 Å². The van der Waals surface area contributed by atoms with Crippen LogP contribution < -0.4 is 4.72 Å². The molecule has 0 bridgehead atoms. The molecule has 1 aliphatic carbocycles. The van der Waals surface area contributed by atoms with Crippen molar-refractivity contribution in [3.05, 3.63) is 11.7 Å². The van der Waals surface area contributed by atoms with Crippen LogP contribution >= 0.6 is 0 Å². The fraction of sp³-hybridized carbons (Fsp3) is 0.857. The third-order valence-corrected chi connectivity index (χ3v) is 5.72. The lowest BCUT2D eigenvalue weighted by atomic mass is 9.99. The first-order valence-electron chi connectivity index (χ1n) is 8.03. The van der Waals surface area contributed by atoms with Crippen LogP contribution in [0.1, 0.15) is 64.1 Å². The van der Waals surface area contributed by atoms with Crippen LogP contribution in [-0.2, 0) is 15.7 Å². The molecule has 0 amide bonds. The van der Waals surface area contributed by atoms with E-state index in [0.29, 0.717) is 37.6 Å². The van der Waals surface area contributed by atoms with Crippen molar-refractivity contribution in [2.75, 3.05) is 13.1 Å². The molecule has 1 saturated carbocycles. The van der Waals surface area contributed by atoms with Crippen molar-refractivity contribution < 1.29 is 12.9 Å². The molecule has 0 unspecified atom stereocenters. The third-order valence-electron chi connectivity index (χ3n) is 4.02. The summed E-state index contributed by atoms with van der Waals surface area (Å²) in [5, 5.41) is 3.97. The lowest BCUT2D eigenvalue weighted by Gasteiger charge is -2.30. The standard InChI is InChI=1S/C14H26N4O3S/c1-4-10-18(11-5-2)22(19,20)17-14(8-6-7-9-14)13-15-12(3)21-16-13/h17H,4-11H2,1-3H3. The van der Waals surface area contributed by atoms with Crippen molar-refractivity contribution in [2.24, 2.45) is 0 Å². The van der Waals surface area contributed by atoms with Gasteiger partial charge in [-0.25, -0.2) is 0 Å². The molecule has 8 heteroatoms. The van der Waals surface area contributed by atoms with Gasteiger partial charge in [0, 0.05) is 20.0 Å². The normalized spacial score (nSPS) is 18.2. The van der Waals surface area contributed by atoms with Gasteiger partial charge >= 0.3 is 0 Å². The summed E-state index contributed by atoms with van der Waals surface area (Å²) in [7, 11) is -3.57. The largest absolute Gasteiger partial charge is 0.340 e. The fourth-order valence-corrected chi connectivity index (χ4v) is 4.77. The summed E-state index contributed by atoms with van der Waals surface area (Å²) >= 11 is 0. The van der Waals surface area contributed by atoms with Crippen LogP contribution in [0.15, 0.2) is 4.52 Å². The molecule has 1 aromatic heterocycles. The average molecular weight is 330 g/mol. The highest BCUT2D eigenvalue weighted by molar-refractivity contribution is 7.87. The minimum Gasteiger partial charge on any atom is -0.340 e. The Kier molecular flexibility index (Phi) is 5.57. The van der Waals surface area contributed by atoms with Crippen molar-refractivity contribution in [1.29, 1.82) is 0 Å². The second-order valence-electron chi connectivity index (χ2n) is 5.93. The molecule has 0 spiro atoms. The summed E-state index contributed by atoms with van der Waals surface area (Å²) in [6.45, 7) is 6.71. The van der Waals surface area contributed by atoms with Gasteiger partial charge in [0.05, 0.1) is 5.54 Å². The van der Waals surface area contributed by atoms with E-state index in [1.165, 1.54) is 4.31 Å². The van der Waals surface area contributed by atoms with Gasteiger partial charge in [-0.05, 0) is 25.7 Å². The fourth-order valence-electron chi connectivity index (χ4n) is 3.01. The average Bonchev–Trinajstić information content (AvgIpc) is 3.08. The molecule has 22 heavy (non-hydrogen) atoms. The van der Waals surface area contributed by atoms with Gasteiger partial charge in [-0.1, -0.05) is 31.8 Å². The van der Waals surface area contributed by atoms with Crippen molar-refractivity contribution in [3.63, 3.8) is 0 Å². The van der Waals surface area contributed by atoms with E-state index in [9.17, 15) is 8.42 Å². The molecule has 1 N–H and O–H groups in total. The summed E-state index contributed by atoms with van der Waals surface area (Å²) in [4.78, 5) is 4.28. The lowest BCUT2D eigenvalue weighted by molar-refractivity contribution is 0.322. The van der Waals surface area contributed by atoms with Gasteiger partial charge in [0.2, 0.25) is 5.89 Å². The summed E-state index contributed by atoms with van der Waals surface area (Å²) in [6, 6.07) is 0. The Morgan fingerprint density at radius 1 is 1.23 bits per heavy atom. The number of rotatable bonds is 8. The Labute approximate surface area is 132 Å². The van der Waals surface area contributed by atoms with Crippen molar-refractivity contribution in [3.8, 4) is 0 Å². The number of nitrogens with one attached hydrogen (secondary N) is 1. The summed E-state index contributed by atoms with van der Waals surface area (Å²) < 4.78 is 35.0. The van der Waals surface area contributed by atoms with Crippen LogP contribution in [0, 0.1) is 6.92 Å². The van der Waals surface area contributed by atoms with Gasteiger partial charge in [-0.2, -0.15) is 22.4 Å². The highest BCUT2D eigenvalue weighted by atomic mass is 32.2. The SMILES string of the molecule is CCCN(CCC)S(=O)(=O)NC1(c2noc(C)n2)CCCC1. The topological polar surface area (TPSA) is 88.3 Å². The molecule has 0 aromatic carbocycles. The van der Waals surface area contributed by atoms with Gasteiger partial charge in [0.1, 0.15) is 0 Å². The quantitative estimate of drug-likeness (QED) is 0.788. The van der Waals surface area contributed by atoms with Crippen molar-refractivity contribution >= 4 is 10.2 Å². The Bertz CT molecular complexity index is 573. The molecule has 1 aliphatic rings. The van der Waals surface area contributed by atoms with Crippen molar-refractivity contribution in [2.45, 2.75) is 64.8 Å². The molecular weight excluding hydrogens is 304 g/mol. The van der Waals surface area contributed by atoms with Crippen LogP contribution in [0.3, 0.4) is 0 Å². The summed E-state index contributed by atoms with van der Waals surface area (Å²) in [5.41, 5.74) is -0.726. The maximum atomic E-state index is 12.8. The molecule has 7 nitrogen and oxygen atoms in total. The lowest BCUT2D eigenvalue weighted by Crippen LogP contribution is -2.51. The van der Waals surface area contributed by atoms with Gasteiger partial charge in [-0.3, -0.25) is 0 Å². The van der Waals surface area contributed by atoms with E-state index in [2.05, 4.69) is 14.9 Å². The molecule has 0 saturated heterocycles. The van der Waals surface area contributed by atoms with Crippen molar-refractivity contribution in [1.82, 2.24) is 19.2 Å². The zero-order valence-corrected chi connectivity index (χ0v) is 14.4. The molecule has 1 fully saturated rings. The molecule has 2 rings (SSSR count). The summed E-state index contributed by atoms with van der Waals surface area (Å²) in [6.07, 6.45) is 4.90. The first-order valence-corrected chi connectivity index (χ1v) is 9.47. The molecule has 1 aromatic rings. The smallest absolute Gasteiger partial charge is 0.280 e. The van der Waals surface area contributed by atoms with Crippen LogP contribution in [0.25, 0.3) is 0 Å². The number of nitrogens with zero attached hydrogens (tertiary/aromatic N) is 3. The monoisotopic (exact) mass is 330 g/mol. The van der Waals surface area contributed by atoms with Gasteiger partial charge in [-0.15, -0.1) is 0 Å². The van der Waals surface area contributed by atoms with E-state index < -0.39 is 15.7 Å².